The number of fused-ring (bicyclic) bond motifs is 1. The number of carbonyl (C=O) groups is 4. The Bertz CT molecular complexity index is 1040. The summed E-state index contributed by atoms with van der Waals surface area (Å²) < 4.78 is 16.1. The fourth-order valence-corrected chi connectivity index (χ4v) is 5.51. The predicted octanol–water partition coefficient (Wildman–Crippen LogP) is 3.40. The molecule has 214 valence electrons. The first-order valence-electron chi connectivity index (χ1n) is 13.8. The van der Waals surface area contributed by atoms with E-state index in [1.165, 1.54) is 12.0 Å². The fraction of sp³-hybridized carbons (Fsp3) is 0.679. The van der Waals surface area contributed by atoms with Crippen molar-refractivity contribution < 1.29 is 33.4 Å². The molecule has 0 radical (unpaired) electrons. The monoisotopic (exact) mass is 544 g/mol. The summed E-state index contributed by atoms with van der Waals surface area (Å²) in [7, 11) is 1.26. The van der Waals surface area contributed by atoms with E-state index in [0.29, 0.717) is 13.1 Å². The highest BCUT2D eigenvalue weighted by Crippen LogP contribution is 2.31. The van der Waals surface area contributed by atoms with Crippen molar-refractivity contribution >= 4 is 24.1 Å². The molecular weight excluding hydrogens is 504 g/mol. The smallest absolute Gasteiger partial charge is 0.410 e. The third-order valence-corrected chi connectivity index (χ3v) is 7.53. The number of nitrogens with zero attached hydrogens (tertiary/aromatic N) is 3. The number of nitrogens with one attached hydrogen (secondary N) is 1. The third kappa shape index (κ3) is 7.19. The number of methoxy groups -OCH3 is 1. The molecule has 1 aromatic rings. The zero-order valence-electron chi connectivity index (χ0n) is 23.3. The summed E-state index contributed by atoms with van der Waals surface area (Å²) in [6, 6.07) is 1.98. The first kappa shape index (κ1) is 28.6. The van der Waals surface area contributed by atoms with Crippen LogP contribution in [0, 0.1) is 11.3 Å². The number of rotatable bonds is 6. The number of pyridine rings is 1. The van der Waals surface area contributed by atoms with Gasteiger partial charge >= 0.3 is 18.2 Å². The van der Waals surface area contributed by atoms with Crippen molar-refractivity contribution in [1.29, 1.82) is 0 Å². The van der Waals surface area contributed by atoms with Gasteiger partial charge in [-0.05, 0) is 35.8 Å². The van der Waals surface area contributed by atoms with Crippen LogP contribution in [0.15, 0.2) is 18.3 Å². The summed E-state index contributed by atoms with van der Waals surface area (Å²) in [5.74, 6) is -1.05. The third-order valence-electron chi connectivity index (χ3n) is 7.53. The lowest BCUT2D eigenvalue weighted by Gasteiger charge is -2.34. The molecule has 4 rings (SSSR count). The van der Waals surface area contributed by atoms with E-state index in [1.54, 1.807) is 11.1 Å². The van der Waals surface area contributed by atoms with Gasteiger partial charge in [-0.2, -0.15) is 0 Å². The van der Waals surface area contributed by atoms with E-state index in [1.807, 2.05) is 32.9 Å². The molecule has 0 spiro atoms. The first-order valence-corrected chi connectivity index (χ1v) is 13.8. The Morgan fingerprint density at radius 2 is 1.87 bits per heavy atom. The minimum atomic E-state index is -0.920. The van der Waals surface area contributed by atoms with Gasteiger partial charge < -0.3 is 24.4 Å². The van der Waals surface area contributed by atoms with Crippen LogP contribution < -0.4 is 5.32 Å². The van der Waals surface area contributed by atoms with E-state index >= 15 is 0 Å². The van der Waals surface area contributed by atoms with Crippen molar-refractivity contribution in [3.63, 3.8) is 0 Å². The molecule has 3 atom stereocenters. The highest BCUT2D eigenvalue weighted by molar-refractivity contribution is 5.90. The van der Waals surface area contributed by atoms with E-state index in [0.717, 1.165) is 43.4 Å². The molecule has 1 N–H and O–H groups in total. The van der Waals surface area contributed by atoms with E-state index in [4.69, 9.17) is 14.2 Å². The van der Waals surface area contributed by atoms with Gasteiger partial charge in [-0.15, -0.1) is 0 Å². The molecule has 2 fully saturated rings. The molecule has 1 saturated heterocycles. The first-order chi connectivity index (χ1) is 18.6. The highest BCUT2D eigenvalue weighted by atomic mass is 16.6. The summed E-state index contributed by atoms with van der Waals surface area (Å²) in [4.78, 5) is 59.6. The van der Waals surface area contributed by atoms with Crippen molar-refractivity contribution in [1.82, 2.24) is 20.1 Å². The Kier molecular flexibility index (Phi) is 8.97. The lowest BCUT2D eigenvalue weighted by molar-refractivity contribution is -0.152. The van der Waals surface area contributed by atoms with Crippen LogP contribution in [0.3, 0.4) is 0 Å². The minimum absolute atomic E-state index is 0.0331. The second-order valence-electron chi connectivity index (χ2n) is 11.9. The average molecular weight is 545 g/mol. The number of alkyl carbamates (subject to hydrolysis) is 1. The van der Waals surface area contributed by atoms with Gasteiger partial charge in [0.05, 0.1) is 39.0 Å². The number of carbonyl (C=O) groups excluding carboxylic acids is 4. The zero-order chi connectivity index (χ0) is 28.2. The highest BCUT2D eigenvalue weighted by Gasteiger charge is 2.46. The van der Waals surface area contributed by atoms with E-state index in [9.17, 15) is 19.2 Å². The minimum Gasteiger partial charge on any atom is -0.467 e. The maximum Gasteiger partial charge on any atom is 0.410 e. The molecule has 11 heteroatoms. The topological polar surface area (TPSA) is 127 Å². The summed E-state index contributed by atoms with van der Waals surface area (Å²) in [5, 5.41) is 2.80. The van der Waals surface area contributed by atoms with Gasteiger partial charge in [-0.3, -0.25) is 14.7 Å². The Labute approximate surface area is 229 Å². The molecule has 11 nitrogen and oxygen atoms in total. The number of likely N-dealkylation sites (tertiary alicyclic amines) is 1. The van der Waals surface area contributed by atoms with Crippen molar-refractivity contribution in [3.8, 4) is 0 Å². The quantitative estimate of drug-likeness (QED) is 0.426. The van der Waals surface area contributed by atoms with Crippen LogP contribution in [0.5, 0.6) is 0 Å². The van der Waals surface area contributed by atoms with Crippen molar-refractivity contribution in [2.24, 2.45) is 11.3 Å². The van der Waals surface area contributed by atoms with Crippen LogP contribution in [0.25, 0.3) is 0 Å². The molecule has 3 aliphatic rings. The summed E-state index contributed by atoms with van der Waals surface area (Å²) in [6.07, 6.45) is 4.50. The molecule has 1 aromatic heterocycles. The van der Waals surface area contributed by atoms with Crippen LogP contribution in [-0.2, 0) is 36.9 Å². The number of hydrogen-bond acceptors (Lipinski definition) is 8. The van der Waals surface area contributed by atoms with Crippen LogP contribution >= 0.6 is 0 Å². The largest absolute Gasteiger partial charge is 0.467 e. The van der Waals surface area contributed by atoms with Crippen LogP contribution in [0.4, 0.5) is 9.59 Å². The molecule has 3 heterocycles. The van der Waals surface area contributed by atoms with Crippen LogP contribution in [0.1, 0.15) is 70.6 Å². The molecular formula is C28H40N4O7. The van der Waals surface area contributed by atoms with Gasteiger partial charge in [0, 0.05) is 12.6 Å². The molecule has 0 bridgehead atoms. The van der Waals surface area contributed by atoms with E-state index in [-0.39, 0.29) is 36.8 Å². The van der Waals surface area contributed by atoms with Gasteiger partial charge in [0.1, 0.15) is 18.2 Å². The molecule has 0 unspecified atom stereocenters. The van der Waals surface area contributed by atoms with Crippen molar-refractivity contribution in [2.45, 2.75) is 90.6 Å². The average Bonchev–Trinajstić information content (AvgIpc) is 3.54. The molecule has 3 amide bonds. The number of aromatic nitrogens is 1. The SMILES string of the molecule is COC(=O)[C@@H]1C[C@@H](OC(=O)N2Cc3cccnc3C2)CN1C(=O)[C@@H](NC(=O)OCC(C)(C)C)C1CCCCC1. The van der Waals surface area contributed by atoms with Gasteiger partial charge in [0.15, 0.2) is 0 Å². The lowest BCUT2D eigenvalue weighted by Crippen LogP contribution is -2.55. The summed E-state index contributed by atoms with van der Waals surface area (Å²) in [5.41, 5.74) is 1.56. The predicted molar refractivity (Wildman–Crippen MR) is 140 cm³/mol. The van der Waals surface area contributed by atoms with Gasteiger partial charge in [-0.25, -0.2) is 14.4 Å². The normalized spacial score (nSPS) is 22.2. The van der Waals surface area contributed by atoms with Crippen molar-refractivity contribution in [2.75, 3.05) is 20.3 Å². The van der Waals surface area contributed by atoms with Crippen LogP contribution in [0.2, 0.25) is 0 Å². The molecule has 1 saturated carbocycles. The Morgan fingerprint density at radius 1 is 1.13 bits per heavy atom. The number of esters is 1. The Hall–Kier alpha value is -3.37. The van der Waals surface area contributed by atoms with Crippen LogP contribution in [-0.4, -0.2) is 77.3 Å². The van der Waals surface area contributed by atoms with Gasteiger partial charge in [0.2, 0.25) is 5.91 Å². The standard InChI is InChI=1S/C28H40N4O7/c1-28(2,3)17-38-26(35)30-23(18-9-6-5-7-10-18)24(33)32-15-20(13-22(32)25(34)37-4)39-27(36)31-14-19-11-8-12-29-21(19)16-31/h8,11-12,18,20,22-23H,5-7,9-10,13-17H2,1-4H3,(H,30,35)/t20-,22+,23+/m1/s1. The second kappa shape index (κ2) is 12.2. The fourth-order valence-electron chi connectivity index (χ4n) is 5.51. The maximum absolute atomic E-state index is 13.9. The number of amides is 3. The summed E-state index contributed by atoms with van der Waals surface area (Å²) in [6.45, 7) is 6.82. The van der Waals surface area contributed by atoms with Gasteiger partial charge in [0.25, 0.3) is 0 Å². The lowest BCUT2D eigenvalue weighted by atomic mass is 9.83. The maximum atomic E-state index is 13.9. The molecule has 1 aliphatic carbocycles. The number of ether oxygens (including phenoxy) is 3. The Morgan fingerprint density at radius 3 is 2.54 bits per heavy atom. The number of hydrogen-bond donors (Lipinski definition) is 1. The summed E-state index contributed by atoms with van der Waals surface area (Å²) >= 11 is 0. The van der Waals surface area contributed by atoms with Gasteiger partial charge in [-0.1, -0.05) is 46.1 Å². The van der Waals surface area contributed by atoms with Crippen molar-refractivity contribution in [3.05, 3.63) is 29.6 Å². The van der Waals surface area contributed by atoms with E-state index in [2.05, 4.69) is 10.3 Å². The Balaban J connectivity index is 1.46. The second-order valence-corrected chi connectivity index (χ2v) is 11.9. The molecule has 2 aliphatic heterocycles. The molecule has 39 heavy (non-hydrogen) atoms. The molecule has 0 aromatic carbocycles. The zero-order valence-corrected chi connectivity index (χ0v) is 23.3. The van der Waals surface area contributed by atoms with E-state index < -0.39 is 36.3 Å².